The van der Waals surface area contributed by atoms with Crippen molar-refractivity contribution in [1.29, 1.82) is 0 Å². The molecule has 0 aliphatic heterocycles. The first-order valence-corrected chi connectivity index (χ1v) is 30.3. The Morgan fingerprint density at radius 1 is 0.434 bits per heavy atom. The van der Waals surface area contributed by atoms with Gasteiger partial charge in [-0.1, -0.05) is 12.1 Å². The Bertz CT molecular complexity index is 3220. The van der Waals surface area contributed by atoms with E-state index in [0.717, 1.165) is 9.79 Å². The molecule has 0 aliphatic carbocycles. The van der Waals surface area contributed by atoms with Gasteiger partial charge in [0.05, 0.1) is 72.3 Å². The summed E-state index contributed by atoms with van der Waals surface area (Å²) >= 11 is 2.65. The van der Waals surface area contributed by atoms with Gasteiger partial charge in [-0.2, -0.15) is 0 Å². The lowest BCUT2D eigenvalue weighted by molar-refractivity contribution is -0.139. The summed E-state index contributed by atoms with van der Waals surface area (Å²) in [6, 6.07) is 25.1. The number of amides is 6. The molecule has 0 spiro atoms. The minimum Gasteiger partial charge on any atom is -0.377 e. The van der Waals surface area contributed by atoms with Crippen LogP contribution in [0.4, 0.5) is 34.1 Å². The van der Waals surface area contributed by atoms with Gasteiger partial charge in [-0.3, -0.25) is 69.9 Å². The first-order chi connectivity index (χ1) is 39.8. The number of hydrazine groups is 2. The van der Waals surface area contributed by atoms with Crippen molar-refractivity contribution in [2.24, 2.45) is 0 Å². The molecule has 0 fully saturated rings. The molecule has 6 aromatic rings. The fourth-order valence-corrected chi connectivity index (χ4v) is 11.3. The number of hydrogen-bond acceptors (Lipinski definition) is 19. The van der Waals surface area contributed by atoms with Crippen molar-refractivity contribution in [1.82, 2.24) is 31.5 Å². The van der Waals surface area contributed by atoms with Crippen molar-refractivity contribution >= 4 is 113 Å². The molecule has 0 bridgehead atoms. The van der Waals surface area contributed by atoms with Gasteiger partial charge in [0.2, 0.25) is 11.8 Å². The molecule has 0 saturated heterocycles. The molecule has 0 atom stereocenters. The molecule has 6 amide bonds. The summed E-state index contributed by atoms with van der Waals surface area (Å²) in [5, 5.41) is 10.5. The maximum atomic E-state index is 13.4. The van der Waals surface area contributed by atoms with E-state index in [0.29, 0.717) is 45.0 Å². The zero-order valence-electron chi connectivity index (χ0n) is 45.5. The van der Waals surface area contributed by atoms with Crippen LogP contribution < -0.4 is 52.4 Å². The lowest BCUT2D eigenvalue weighted by Gasteiger charge is -2.17. The summed E-state index contributed by atoms with van der Waals surface area (Å²) in [6.45, 7) is 7.76. The standard InChI is InChI=1S/C54H62N12O13S4/c1-35-5-15-45(37(3)49(35)59-47(67)33-80-43-17-21-55-22-18-43)82(73,74)65-41-11-7-39(8-12-41)61-63-53(71)51(69)57-25-27-77-29-31-79-32-30-78-28-26-58-52(70)54(72)64-62-40-9-13-42(14-10-40)66-83(75,76)46-16-6-36(2)50(38(46)4)60-48(68)34-81-44-19-23-56-24-20-44/h5-24,61-62,65-66H,25-34H2,1-4H3,(H,57,69)(H,58,70)(H,59,67)(H,60,68)(H,63,71)(H,64,72). The van der Waals surface area contributed by atoms with Crippen LogP contribution in [0.15, 0.2) is 141 Å². The van der Waals surface area contributed by atoms with Gasteiger partial charge in [0.1, 0.15) is 0 Å². The average Bonchev–Trinajstić information content (AvgIpc) is 3.34. The Morgan fingerprint density at radius 2 is 0.771 bits per heavy atom. The van der Waals surface area contributed by atoms with Gasteiger partial charge in [-0.25, -0.2) is 16.8 Å². The van der Waals surface area contributed by atoms with Crippen LogP contribution in [0.5, 0.6) is 0 Å². The molecule has 0 saturated carbocycles. The maximum Gasteiger partial charge on any atom is 0.327 e. The molecule has 10 N–H and O–H groups in total. The van der Waals surface area contributed by atoms with Crippen molar-refractivity contribution in [3.8, 4) is 0 Å². The number of aromatic nitrogens is 2. The Labute approximate surface area is 488 Å². The van der Waals surface area contributed by atoms with E-state index in [9.17, 15) is 45.6 Å². The van der Waals surface area contributed by atoms with Gasteiger partial charge < -0.3 is 35.5 Å². The van der Waals surface area contributed by atoms with Crippen LogP contribution in [0.3, 0.4) is 0 Å². The maximum absolute atomic E-state index is 13.4. The number of carbonyl (C=O) groups is 6. The zero-order valence-corrected chi connectivity index (χ0v) is 48.7. The van der Waals surface area contributed by atoms with E-state index in [2.05, 4.69) is 62.4 Å². The SMILES string of the molecule is Cc1ccc(S(=O)(=O)Nc2ccc(NNC(=O)C(=O)NCCOCCOCCOCCNC(=O)C(=O)NNc3ccc(NS(=O)(=O)c4ccc(C)c(NC(=O)CSc5ccncc5)c4C)cc3)cc2)c(C)c1NC(=O)CSc1ccncc1. The van der Waals surface area contributed by atoms with Crippen LogP contribution in [-0.2, 0) is 63.0 Å². The molecule has 0 unspecified atom stereocenters. The third-order valence-corrected chi connectivity index (χ3v) is 16.6. The van der Waals surface area contributed by atoms with Crippen LogP contribution in [0.2, 0.25) is 0 Å². The number of anilines is 6. The number of aryl methyl sites for hydroxylation is 2. The van der Waals surface area contributed by atoms with Gasteiger partial charge in [-0.15, -0.1) is 23.5 Å². The molecule has 2 aromatic heterocycles. The minimum absolute atomic E-state index is 0.0234. The lowest BCUT2D eigenvalue weighted by atomic mass is 10.1. The van der Waals surface area contributed by atoms with E-state index in [1.54, 1.807) is 88.9 Å². The molecular weight excluding hydrogens is 1150 g/mol. The number of ether oxygens (including phenoxy) is 3. The quantitative estimate of drug-likeness (QED) is 0.0127. The smallest absolute Gasteiger partial charge is 0.327 e. The summed E-state index contributed by atoms with van der Waals surface area (Å²) in [4.78, 5) is 84.4. The number of nitrogens with one attached hydrogen (secondary N) is 10. The van der Waals surface area contributed by atoms with E-state index in [-0.39, 0.29) is 97.2 Å². The number of carbonyl (C=O) groups excluding carboxylic acids is 6. The highest BCUT2D eigenvalue weighted by atomic mass is 32.2. The summed E-state index contributed by atoms with van der Waals surface area (Å²) in [6.07, 6.45) is 6.52. The summed E-state index contributed by atoms with van der Waals surface area (Å²) in [7, 11) is -8.17. The predicted molar refractivity (Wildman–Crippen MR) is 316 cm³/mol. The largest absolute Gasteiger partial charge is 0.377 e. The highest BCUT2D eigenvalue weighted by Crippen LogP contribution is 2.31. The zero-order chi connectivity index (χ0) is 59.8. The Kier molecular flexibility index (Phi) is 24.4. The number of rotatable bonds is 30. The number of hydrogen-bond donors (Lipinski definition) is 10. The molecule has 2 heterocycles. The predicted octanol–water partition coefficient (Wildman–Crippen LogP) is 4.64. The Balaban J connectivity index is 0.767. The summed E-state index contributed by atoms with van der Waals surface area (Å²) in [5.41, 5.74) is 13.8. The highest BCUT2D eigenvalue weighted by Gasteiger charge is 2.24. The Morgan fingerprint density at radius 3 is 1.13 bits per heavy atom. The second-order valence-corrected chi connectivity index (χ2v) is 23.1. The molecule has 29 heteroatoms. The van der Waals surface area contributed by atoms with Crippen molar-refractivity contribution in [2.75, 3.05) is 95.2 Å². The number of nitrogens with zero attached hydrogens (tertiary/aromatic N) is 2. The van der Waals surface area contributed by atoms with Crippen LogP contribution >= 0.6 is 23.5 Å². The van der Waals surface area contributed by atoms with Crippen LogP contribution in [0.25, 0.3) is 0 Å². The number of pyridine rings is 2. The van der Waals surface area contributed by atoms with Gasteiger partial charge in [0, 0.05) is 70.4 Å². The lowest BCUT2D eigenvalue weighted by Crippen LogP contribution is -2.43. The van der Waals surface area contributed by atoms with Gasteiger partial charge in [0.15, 0.2) is 0 Å². The topological polar surface area (TPSA) is 344 Å². The van der Waals surface area contributed by atoms with Gasteiger partial charge in [-0.05, 0) is 135 Å². The molecule has 4 aromatic carbocycles. The van der Waals surface area contributed by atoms with Crippen molar-refractivity contribution < 1.29 is 59.8 Å². The van der Waals surface area contributed by atoms with Crippen LogP contribution in [-0.4, -0.2) is 126 Å². The first-order valence-electron chi connectivity index (χ1n) is 25.3. The second kappa shape index (κ2) is 31.8. The second-order valence-electron chi connectivity index (χ2n) is 17.7. The van der Waals surface area contributed by atoms with Gasteiger partial charge >= 0.3 is 23.6 Å². The van der Waals surface area contributed by atoms with Crippen molar-refractivity contribution in [3.63, 3.8) is 0 Å². The Hall–Kier alpha value is -8.32. The first kappa shape index (κ1) is 63.9. The third kappa shape index (κ3) is 20.6. The van der Waals surface area contributed by atoms with Crippen LogP contribution in [0.1, 0.15) is 22.3 Å². The number of benzene rings is 4. The molecule has 0 radical (unpaired) electrons. The fourth-order valence-electron chi connectivity index (χ4n) is 7.35. The molecule has 440 valence electrons. The van der Waals surface area contributed by atoms with E-state index < -0.39 is 43.7 Å². The molecule has 0 aliphatic rings. The van der Waals surface area contributed by atoms with Crippen molar-refractivity contribution in [3.05, 3.63) is 144 Å². The van der Waals surface area contributed by atoms with E-state index in [4.69, 9.17) is 14.2 Å². The van der Waals surface area contributed by atoms with Crippen molar-refractivity contribution in [2.45, 2.75) is 47.3 Å². The molecular formula is C54H62N12O13S4. The minimum atomic E-state index is -4.09. The molecule has 6 rings (SSSR count). The third-order valence-electron chi connectivity index (χ3n) is 11.5. The number of thioether (sulfide) groups is 2. The monoisotopic (exact) mass is 1210 g/mol. The molecule has 25 nitrogen and oxygen atoms in total. The normalized spacial score (nSPS) is 11.1. The van der Waals surface area contributed by atoms with E-state index >= 15 is 0 Å². The van der Waals surface area contributed by atoms with Crippen LogP contribution in [0, 0.1) is 27.7 Å². The summed E-state index contributed by atoms with van der Waals surface area (Å²) in [5.74, 6) is -4.19. The number of sulfonamides is 2. The highest BCUT2D eigenvalue weighted by molar-refractivity contribution is 8.00. The average molecular weight is 1220 g/mol. The fraction of sp³-hybridized carbons (Fsp3) is 0.259. The summed E-state index contributed by atoms with van der Waals surface area (Å²) < 4.78 is 75.0. The van der Waals surface area contributed by atoms with Gasteiger partial charge in [0.25, 0.3) is 20.0 Å². The molecule has 83 heavy (non-hydrogen) atoms. The van der Waals surface area contributed by atoms with E-state index in [1.165, 1.54) is 84.2 Å². The van der Waals surface area contributed by atoms with E-state index in [1.807, 2.05) is 0 Å².